The van der Waals surface area contributed by atoms with Crippen LogP contribution in [0, 0.1) is 5.92 Å². The van der Waals surface area contributed by atoms with Gasteiger partial charge in [-0.3, -0.25) is 4.79 Å². The summed E-state index contributed by atoms with van der Waals surface area (Å²) in [6.07, 6.45) is 4.28. The van der Waals surface area contributed by atoms with E-state index >= 15 is 0 Å². The molecule has 0 aromatic carbocycles. The number of carbonyl (C=O) groups excluding carboxylic acids is 1. The van der Waals surface area contributed by atoms with Crippen molar-refractivity contribution in [3.63, 3.8) is 0 Å². The molecule has 0 bridgehead atoms. The molecule has 1 aliphatic carbocycles. The summed E-state index contributed by atoms with van der Waals surface area (Å²) >= 11 is 0. The zero-order valence-corrected chi connectivity index (χ0v) is 8.11. The minimum Gasteiger partial charge on any atom is -0.462 e. The lowest BCUT2D eigenvalue weighted by Gasteiger charge is -2.31. The fourth-order valence-corrected chi connectivity index (χ4v) is 2.08. The molecular weight excluding hydrogens is 168 g/mol. The average molecular weight is 186 g/mol. The summed E-state index contributed by atoms with van der Waals surface area (Å²) in [5, 5.41) is 9.50. The van der Waals surface area contributed by atoms with Gasteiger partial charge in [0.2, 0.25) is 0 Å². The molecular formula is C10H18O3. The molecule has 3 nitrogen and oxygen atoms in total. The number of carbonyl (C=O) groups is 1. The summed E-state index contributed by atoms with van der Waals surface area (Å²) in [6, 6.07) is 0. The third-order valence-corrected chi connectivity index (χ3v) is 2.79. The molecule has 0 aliphatic heterocycles. The monoisotopic (exact) mass is 186 g/mol. The highest BCUT2D eigenvalue weighted by atomic mass is 16.5. The van der Waals surface area contributed by atoms with Crippen LogP contribution >= 0.6 is 0 Å². The second-order valence-corrected chi connectivity index (χ2v) is 3.81. The van der Waals surface area contributed by atoms with Gasteiger partial charge < -0.3 is 9.84 Å². The van der Waals surface area contributed by atoms with Gasteiger partial charge in [0.25, 0.3) is 6.47 Å². The van der Waals surface area contributed by atoms with Gasteiger partial charge in [-0.25, -0.2) is 0 Å². The SMILES string of the molecule is CCCC1CCC(O)C(OC=O)C1. The maximum Gasteiger partial charge on any atom is 0.293 e. The minimum atomic E-state index is -0.446. The van der Waals surface area contributed by atoms with Gasteiger partial charge in [0.1, 0.15) is 6.10 Å². The molecule has 3 unspecified atom stereocenters. The van der Waals surface area contributed by atoms with E-state index < -0.39 is 6.10 Å². The van der Waals surface area contributed by atoms with E-state index in [1.807, 2.05) is 0 Å². The molecule has 3 atom stereocenters. The van der Waals surface area contributed by atoms with E-state index in [1.165, 1.54) is 6.42 Å². The van der Waals surface area contributed by atoms with Crippen molar-refractivity contribution in [1.82, 2.24) is 0 Å². The van der Waals surface area contributed by atoms with E-state index in [9.17, 15) is 9.90 Å². The Balaban J connectivity index is 2.37. The summed E-state index contributed by atoms with van der Waals surface area (Å²) < 4.78 is 4.84. The standard InChI is InChI=1S/C10H18O3/c1-2-3-8-4-5-9(12)10(6-8)13-7-11/h7-10,12H,2-6H2,1H3. The van der Waals surface area contributed by atoms with Crippen LogP contribution in [-0.2, 0) is 9.53 Å². The summed E-state index contributed by atoms with van der Waals surface area (Å²) in [5.41, 5.74) is 0. The third kappa shape index (κ3) is 2.99. The van der Waals surface area contributed by atoms with Crippen LogP contribution in [-0.4, -0.2) is 23.8 Å². The van der Waals surface area contributed by atoms with Gasteiger partial charge in [-0.2, -0.15) is 0 Å². The second kappa shape index (κ2) is 5.22. The van der Waals surface area contributed by atoms with Gasteiger partial charge in [0.05, 0.1) is 6.10 Å². The topological polar surface area (TPSA) is 46.5 Å². The van der Waals surface area contributed by atoms with Crippen LogP contribution in [0.4, 0.5) is 0 Å². The Bertz CT molecular complexity index is 158. The van der Waals surface area contributed by atoms with Crippen LogP contribution in [0.2, 0.25) is 0 Å². The maximum absolute atomic E-state index is 10.1. The van der Waals surface area contributed by atoms with Crippen molar-refractivity contribution in [3.05, 3.63) is 0 Å². The van der Waals surface area contributed by atoms with Gasteiger partial charge in [-0.15, -0.1) is 0 Å². The third-order valence-electron chi connectivity index (χ3n) is 2.79. The van der Waals surface area contributed by atoms with E-state index in [-0.39, 0.29) is 6.10 Å². The first-order valence-corrected chi connectivity index (χ1v) is 5.05. The normalized spacial score (nSPS) is 34.2. The van der Waals surface area contributed by atoms with Crippen molar-refractivity contribution in [2.45, 2.75) is 51.2 Å². The molecule has 3 heteroatoms. The summed E-state index contributed by atoms with van der Waals surface area (Å²) in [6.45, 7) is 2.60. The minimum absolute atomic E-state index is 0.261. The van der Waals surface area contributed by atoms with Crippen molar-refractivity contribution in [2.24, 2.45) is 5.92 Å². The number of aliphatic hydroxyl groups excluding tert-OH is 1. The first-order chi connectivity index (χ1) is 6.27. The number of hydrogen-bond acceptors (Lipinski definition) is 3. The zero-order chi connectivity index (χ0) is 9.68. The number of hydrogen-bond donors (Lipinski definition) is 1. The molecule has 0 saturated heterocycles. The Morgan fingerprint density at radius 2 is 2.31 bits per heavy atom. The molecule has 0 spiro atoms. The predicted molar refractivity (Wildman–Crippen MR) is 49.2 cm³/mol. The van der Waals surface area contributed by atoms with E-state index in [0.29, 0.717) is 12.4 Å². The Kier molecular flexibility index (Phi) is 4.22. The van der Waals surface area contributed by atoms with Gasteiger partial charge in [-0.05, 0) is 25.2 Å². The van der Waals surface area contributed by atoms with E-state index in [2.05, 4.69) is 6.92 Å². The first-order valence-electron chi connectivity index (χ1n) is 5.05. The fourth-order valence-electron chi connectivity index (χ4n) is 2.08. The molecule has 13 heavy (non-hydrogen) atoms. The first kappa shape index (κ1) is 10.5. The highest BCUT2D eigenvalue weighted by Crippen LogP contribution is 2.29. The molecule has 0 amide bonds. The lowest BCUT2D eigenvalue weighted by molar-refractivity contribution is -0.143. The van der Waals surface area contributed by atoms with E-state index in [4.69, 9.17) is 4.74 Å². The van der Waals surface area contributed by atoms with Crippen LogP contribution in [0.5, 0.6) is 0 Å². The molecule has 0 heterocycles. The quantitative estimate of drug-likeness (QED) is 0.676. The van der Waals surface area contributed by atoms with E-state index in [0.717, 1.165) is 25.7 Å². The van der Waals surface area contributed by atoms with Gasteiger partial charge >= 0.3 is 0 Å². The van der Waals surface area contributed by atoms with Crippen LogP contribution in [0.1, 0.15) is 39.0 Å². The summed E-state index contributed by atoms with van der Waals surface area (Å²) in [4.78, 5) is 10.1. The van der Waals surface area contributed by atoms with Gasteiger partial charge in [0, 0.05) is 0 Å². The maximum atomic E-state index is 10.1. The molecule has 76 valence electrons. The molecule has 1 N–H and O–H groups in total. The number of aliphatic hydroxyl groups is 1. The van der Waals surface area contributed by atoms with Crippen LogP contribution in [0.3, 0.4) is 0 Å². The number of rotatable bonds is 4. The highest BCUT2D eigenvalue weighted by Gasteiger charge is 2.29. The predicted octanol–water partition coefficient (Wildman–Crippen LogP) is 1.49. The molecule has 0 aromatic heterocycles. The lowest BCUT2D eigenvalue weighted by Crippen LogP contribution is -2.35. The average Bonchev–Trinajstić information content (AvgIpc) is 2.12. The van der Waals surface area contributed by atoms with Crippen molar-refractivity contribution >= 4 is 6.47 Å². The zero-order valence-electron chi connectivity index (χ0n) is 8.11. The van der Waals surface area contributed by atoms with Crippen LogP contribution in [0.25, 0.3) is 0 Å². The second-order valence-electron chi connectivity index (χ2n) is 3.81. The highest BCUT2D eigenvalue weighted by molar-refractivity contribution is 5.37. The molecule has 0 aromatic rings. The Hall–Kier alpha value is -0.570. The Labute approximate surface area is 79.1 Å². The molecule has 1 saturated carbocycles. The largest absolute Gasteiger partial charge is 0.462 e. The van der Waals surface area contributed by atoms with Crippen molar-refractivity contribution in [2.75, 3.05) is 0 Å². The van der Waals surface area contributed by atoms with Gasteiger partial charge in [-0.1, -0.05) is 19.8 Å². The van der Waals surface area contributed by atoms with Gasteiger partial charge in [0.15, 0.2) is 0 Å². The molecule has 0 radical (unpaired) electrons. The smallest absolute Gasteiger partial charge is 0.293 e. The number of ether oxygens (including phenoxy) is 1. The molecule has 1 aliphatic rings. The van der Waals surface area contributed by atoms with Crippen LogP contribution < -0.4 is 0 Å². The van der Waals surface area contributed by atoms with Crippen molar-refractivity contribution in [1.29, 1.82) is 0 Å². The summed E-state index contributed by atoms with van der Waals surface area (Å²) in [5.74, 6) is 0.623. The van der Waals surface area contributed by atoms with Crippen LogP contribution in [0.15, 0.2) is 0 Å². The molecule has 1 rings (SSSR count). The van der Waals surface area contributed by atoms with Crippen molar-refractivity contribution < 1.29 is 14.6 Å². The Morgan fingerprint density at radius 3 is 2.92 bits per heavy atom. The Morgan fingerprint density at radius 1 is 1.54 bits per heavy atom. The van der Waals surface area contributed by atoms with E-state index in [1.54, 1.807) is 0 Å². The lowest BCUT2D eigenvalue weighted by atomic mass is 9.83. The molecule has 1 fully saturated rings. The fraction of sp³-hybridized carbons (Fsp3) is 0.900. The summed E-state index contributed by atoms with van der Waals surface area (Å²) in [7, 11) is 0. The van der Waals surface area contributed by atoms with Crippen molar-refractivity contribution in [3.8, 4) is 0 Å².